The Hall–Kier alpha value is -2.18. The van der Waals surface area contributed by atoms with E-state index < -0.39 is 11.6 Å². The average molecular weight is 242 g/mol. The van der Waals surface area contributed by atoms with Gasteiger partial charge in [-0.3, -0.25) is 0 Å². The summed E-state index contributed by atoms with van der Waals surface area (Å²) in [6, 6.07) is 2.27. The number of hydrogen-bond donors (Lipinski definition) is 2. The third-order valence-electron chi connectivity index (χ3n) is 1.75. The van der Waals surface area contributed by atoms with Crippen LogP contribution in [0.5, 0.6) is 5.75 Å². The molecule has 0 spiro atoms. The van der Waals surface area contributed by atoms with Gasteiger partial charge in [0.25, 0.3) is 0 Å². The first kappa shape index (κ1) is 12.9. The third kappa shape index (κ3) is 3.40. The summed E-state index contributed by atoms with van der Waals surface area (Å²) in [6.45, 7) is 1.96. The maximum atomic E-state index is 13.7. The van der Waals surface area contributed by atoms with Gasteiger partial charge in [-0.25, -0.2) is 8.78 Å². The molecule has 0 aromatic heterocycles. The molecule has 1 rings (SSSR count). The van der Waals surface area contributed by atoms with E-state index in [9.17, 15) is 8.78 Å². The largest absolute Gasteiger partial charge is 0.491 e. The van der Waals surface area contributed by atoms with Crippen LogP contribution in [-0.4, -0.2) is 18.8 Å². The first-order chi connectivity index (χ1) is 8.06. The van der Waals surface area contributed by atoms with Crippen molar-refractivity contribution in [2.75, 3.05) is 6.61 Å². The molecule has 0 unspecified atom stereocenters. The van der Waals surface area contributed by atoms with E-state index in [1.165, 1.54) is 6.07 Å². The highest BCUT2D eigenvalue weighted by Gasteiger charge is 2.12. The molecule has 0 bridgehead atoms. The number of guanidine groups is 1. The molecular formula is C10H12F2N4O. The zero-order valence-corrected chi connectivity index (χ0v) is 9.15. The molecule has 0 saturated heterocycles. The van der Waals surface area contributed by atoms with Crippen molar-refractivity contribution in [3.8, 4) is 5.75 Å². The molecule has 0 aliphatic heterocycles. The molecule has 0 heterocycles. The van der Waals surface area contributed by atoms with Crippen LogP contribution >= 0.6 is 0 Å². The summed E-state index contributed by atoms with van der Waals surface area (Å²) in [5, 5.41) is 6.59. The Bertz CT molecular complexity index is 456. The van der Waals surface area contributed by atoms with Crippen molar-refractivity contribution >= 4 is 12.2 Å². The van der Waals surface area contributed by atoms with Gasteiger partial charge in [-0.1, -0.05) is 0 Å². The summed E-state index contributed by atoms with van der Waals surface area (Å²) in [5.41, 5.74) is 9.66. The van der Waals surface area contributed by atoms with Gasteiger partial charge in [0.05, 0.1) is 18.4 Å². The van der Waals surface area contributed by atoms with Gasteiger partial charge in [-0.2, -0.15) is 5.10 Å². The minimum atomic E-state index is -0.846. The van der Waals surface area contributed by atoms with Gasteiger partial charge in [0.15, 0.2) is 11.6 Å². The summed E-state index contributed by atoms with van der Waals surface area (Å²) in [5.74, 6) is -1.98. The van der Waals surface area contributed by atoms with Gasteiger partial charge in [-0.05, 0) is 19.1 Å². The van der Waals surface area contributed by atoms with Crippen LogP contribution in [0.3, 0.4) is 0 Å². The summed E-state index contributed by atoms with van der Waals surface area (Å²) < 4.78 is 31.9. The van der Waals surface area contributed by atoms with Crippen LogP contribution in [0.1, 0.15) is 12.5 Å². The van der Waals surface area contributed by atoms with Gasteiger partial charge >= 0.3 is 0 Å². The minimum absolute atomic E-state index is 0.0555. The predicted molar refractivity (Wildman–Crippen MR) is 60.9 cm³/mol. The monoisotopic (exact) mass is 242 g/mol. The highest BCUT2D eigenvalue weighted by atomic mass is 19.1. The molecular weight excluding hydrogens is 230 g/mol. The summed E-state index contributed by atoms with van der Waals surface area (Å²) in [6.07, 6.45) is 0.882. The topological polar surface area (TPSA) is 86.0 Å². The van der Waals surface area contributed by atoms with Crippen molar-refractivity contribution < 1.29 is 13.5 Å². The molecule has 0 fully saturated rings. The SMILES string of the molecule is CCOc1ccc(F)c(C=NN=C(N)N)c1F. The van der Waals surface area contributed by atoms with Gasteiger partial charge < -0.3 is 16.2 Å². The van der Waals surface area contributed by atoms with E-state index in [1.807, 2.05) is 0 Å². The fourth-order valence-electron chi connectivity index (χ4n) is 1.09. The molecule has 1 aromatic rings. The number of nitrogens with two attached hydrogens (primary N) is 2. The molecule has 0 aliphatic carbocycles. The molecule has 0 saturated carbocycles. The second-order valence-electron chi connectivity index (χ2n) is 2.98. The number of hydrogen-bond acceptors (Lipinski definition) is 3. The highest BCUT2D eigenvalue weighted by Crippen LogP contribution is 2.21. The van der Waals surface area contributed by atoms with Gasteiger partial charge in [0, 0.05) is 0 Å². The number of nitrogens with zero attached hydrogens (tertiary/aromatic N) is 2. The van der Waals surface area contributed by atoms with E-state index in [0.717, 1.165) is 12.3 Å². The van der Waals surface area contributed by atoms with E-state index in [1.54, 1.807) is 6.92 Å². The Kier molecular flexibility index (Phi) is 4.38. The van der Waals surface area contributed by atoms with Crippen LogP contribution in [0.4, 0.5) is 8.78 Å². The van der Waals surface area contributed by atoms with Crippen molar-refractivity contribution in [1.29, 1.82) is 0 Å². The Morgan fingerprint density at radius 2 is 2.12 bits per heavy atom. The molecule has 7 heteroatoms. The van der Waals surface area contributed by atoms with Crippen molar-refractivity contribution in [2.45, 2.75) is 6.92 Å². The third-order valence-corrected chi connectivity index (χ3v) is 1.75. The maximum Gasteiger partial charge on any atom is 0.211 e. The van der Waals surface area contributed by atoms with Crippen molar-refractivity contribution in [2.24, 2.45) is 21.7 Å². The lowest BCUT2D eigenvalue weighted by Crippen LogP contribution is -2.21. The standard InChI is InChI=1S/C10H12F2N4O/c1-2-17-8-4-3-7(11)6(9(8)12)5-15-16-10(13)14/h3-5H,2H2,1H3,(H4,13,14,16). The Labute approximate surface area is 96.8 Å². The van der Waals surface area contributed by atoms with Crippen molar-refractivity contribution in [3.63, 3.8) is 0 Å². The number of rotatable bonds is 4. The van der Waals surface area contributed by atoms with Crippen molar-refractivity contribution in [3.05, 3.63) is 29.3 Å². The molecule has 4 N–H and O–H groups in total. The first-order valence-electron chi connectivity index (χ1n) is 4.79. The van der Waals surface area contributed by atoms with E-state index >= 15 is 0 Å². The number of benzene rings is 1. The summed E-state index contributed by atoms with van der Waals surface area (Å²) in [7, 11) is 0. The Morgan fingerprint density at radius 1 is 1.41 bits per heavy atom. The van der Waals surface area contributed by atoms with Crippen LogP contribution in [-0.2, 0) is 0 Å². The predicted octanol–water partition coefficient (Wildman–Crippen LogP) is 0.971. The number of ether oxygens (including phenoxy) is 1. The van der Waals surface area contributed by atoms with E-state index in [-0.39, 0.29) is 23.9 Å². The molecule has 92 valence electrons. The molecule has 0 aliphatic rings. The van der Waals surface area contributed by atoms with E-state index in [2.05, 4.69) is 10.2 Å². The Morgan fingerprint density at radius 3 is 2.71 bits per heavy atom. The lowest BCUT2D eigenvalue weighted by molar-refractivity contribution is 0.320. The normalized spacial score (nSPS) is 10.5. The molecule has 0 radical (unpaired) electrons. The quantitative estimate of drug-likeness (QED) is 0.468. The first-order valence-corrected chi connectivity index (χ1v) is 4.79. The molecule has 0 atom stereocenters. The van der Waals surface area contributed by atoms with Crippen LogP contribution in [0.15, 0.2) is 22.3 Å². The second kappa shape index (κ2) is 5.78. The second-order valence-corrected chi connectivity index (χ2v) is 2.98. The smallest absolute Gasteiger partial charge is 0.211 e. The van der Waals surface area contributed by atoms with Crippen molar-refractivity contribution in [1.82, 2.24) is 0 Å². The average Bonchev–Trinajstić information content (AvgIpc) is 2.27. The zero-order chi connectivity index (χ0) is 12.8. The summed E-state index contributed by atoms with van der Waals surface area (Å²) in [4.78, 5) is 0. The maximum absolute atomic E-state index is 13.7. The lowest BCUT2D eigenvalue weighted by Gasteiger charge is -2.06. The van der Waals surface area contributed by atoms with E-state index in [0.29, 0.717) is 0 Å². The van der Waals surface area contributed by atoms with Crippen LogP contribution in [0.2, 0.25) is 0 Å². The van der Waals surface area contributed by atoms with Gasteiger partial charge in [-0.15, -0.1) is 5.10 Å². The fraction of sp³-hybridized carbons (Fsp3) is 0.200. The van der Waals surface area contributed by atoms with Crippen LogP contribution in [0.25, 0.3) is 0 Å². The van der Waals surface area contributed by atoms with Crippen LogP contribution in [0, 0.1) is 11.6 Å². The minimum Gasteiger partial charge on any atom is -0.491 e. The van der Waals surface area contributed by atoms with Gasteiger partial charge in [0.1, 0.15) is 5.82 Å². The van der Waals surface area contributed by atoms with Crippen LogP contribution < -0.4 is 16.2 Å². The Balaban J connectivity index is 3.09. The molecule has 1 aromatic carbocycles. The zero-order valence-electron chi connectivity index (χ0n) is 9.15. The highest BCUT2D eigenvalue weighted by molar-refractivity contribution is 5.82. The molecule has 0 amide bonds. The fourth-order valence-corrected chi connectivity index (χ4v) is 1.09. The molecule has 5 nitrogen and oxygen atoms in total. The molecule has 17 heavy (non-hydrogen) atoms. The summed E-state index contributed by atoms with van der Waals surface area (Å²) >= 11 is 0. The lowest BCUT2D eigenvalue weighted by atomic mass is 10.2. The number of halogens is 2. The van der Waals surface area contributed by atoms with Gasteiger partial charge in [0.2, 0.25) is 5.96 Å². The van der Waals surface area contributed by atoms with E-state index in [4.69, 9.17) is 16.2 Å².